The van der Waals surface area contributed by atoms with E-state index in [4.69, 9.17) is 14.2 Å². The number of rotatable bonds is 11. The maximum Gasteiger partial charge on any atom is 0.308 e. The number of nitrogens with zero attached hydrogens (tertiary/aromatic N) is 3. The van der Waals surface area contributed by atoms with E-state index in [9.17, 15) is 4.79 Å². The van der Waals surface area contributed by atoms with Crippen molar-refractivity contribution in [2.75, 3.05) is 57.4 Å². The van der Waals surface area contributed by atoms with Crippen LogP contribution in [0.1, 0.15) is 97.8 Å². The second-order valence-electron chi connectivity index (χ2n) is 12.6. The first-order valence-corrected chi connectivity index (χ1v) is 17.1. The number of hydrogen-bond donors (Lipinski definition) is 0. The van der Waals surface area contributed by atoms with Gasteiger partial charge in [0.2, 0.25) is 0 Å². The topological polar surface area (TPSA) is 64.1 Å². The van der Waals surface area contributed by atoms with Crippen LogP contribution in [-0.2, 0) is 38.3 Å². The molecule has 0 atom stereocenters. The molecule has 0 N–H and O–H groups in total. The zero-order chi connectivity index (χ0) is 32.4. The number of piperidine rings is 1. The number of esters is 1. The Hall–Kier alpha value is -2.48. The summed E-state index contributed by atoms with van der Waals surface area (Å²) in [6, 6.07) is 13.2. The Labute approximate surface area is 268 Å². The third-order valence-corrected chi connectivity index (χ3v) is 7.67. The van der Waals surface area contributed by atoms with E-state index in [-0.39, 0.29) is 11.6 Å². The number of aryl methyl sites for hydroxylation is 1. The van der Waals surface area contributed by atoms with Crippen LogP contribution in [0.2, 0.25) is 0 Å². The van der Waals surface area contributed by atoms with Crippen LogP contribution in [0.25, 0.3) is 0 Å². The average Bonchev–Trinajstić information content (AvgIpc) is 3.01. The predicted octanol–water partition coefficient (Wildman–Crippen LogP) is 7.29. The summed E-state index contributed by atoms with van der Waals surface area (Å²) in [5, 5.41) is 0. The molecule has 0 bridgehead atoms. The van der Waals surface area contributed by atoms with Crippen LogP contribution < -0.4 is 4.90 Å². The molecular weight excluding hydrogens is 550 g/mol. The van der Waals surface area contributed by atoms with Crippen molar-refractivity contribution in [1.82, 2.24) is 9.88 Å². The highest BCUT2D eigenvalue weighted by Gasteiger charge is 2.40. The highest BCUT2D eigenvalue weighted by Crippen LogP contribution is 2.32. The Balaban J connectivity index is 0.00000127. The number of morpholine rings is 1. The van der Waals surface area contributed by atoms with E-state index in [0.29, 0.717) is 19.6 Å². The van der Waals surface area contributed by atoms with E-state index < -0.39 is 5.60 Å². The molecule has 0 aliphatic carbocycles. The van der Waals surface area contributed by atoms with Crippen LogP contribution in [0.4, 0.5) is 5.82 Å². The van der Waals surface area contributed by atoms with Gasteiger partial charge in [-0.2, -0.15) is 0 Å². The molecule has 44 heavy (non-hydrogen) atoms. The van der Waals surface area contributed by atoms with Gasteiger partial charge < -0.3 is 24.0 Å². The van der Waals surface area contributed by atoms with Gasteiger partial charge in [-0.15, -0.1) is 0 Å². The molecule has 1 spiro atoms. The van der Waals surface area contributed by atoms with Gasteiger partial charge >= 0.3 is 5.97 Å². The van der Waals surface area contributed by atoms with Gasteiger partial charge in [-0.05, 0) is 81.7 Å². The van der Waals surface area contributed by atoms with Crippen LogP contribution in [0.5, 0.6) is 0 Å². The van der Waals surface area contributed by atoms with E-state index >= 15 is 0 Å². The minimum Gasteiger partial charge on any atom is -0.460 e. The standard InChI is InChI=1S/C32H47N3O4.C3H8.C2H6/c1-5-26-9-15-33-29(24-26)35-19-22-38-32(25-35)13-17-34(18-14-32)16-10-27-7-6-8-28(23-27)11-20-37-21-12-30(36)39-31(2,3)4;1-3-2;1-2/h6-9,15,23-24H,5,10-14,16-22,25H2,1-4H3;3H2,1-2H3;1-2H3. The molecule has 7 heteroatoms. The Morgan fingerprint density at radius 1 is 0.955 bits per heavy atom. The number of likely N-dealkylation sites (tertiary alicyclic amines) is 1. The molecule has 1 aromatic carbocycles. The number of aromatic nitrogens is 1. The highest BCUT2D eigenvalue weighted by atomic mass is 16.6. The van der Waals surface area contributed by atoms with E-state index in [1.165, 1.54) is 23.1 Å². The summed E-state index contributed by atoms with van der Waals surface area (Å²) >= 11 is 0. The van der Waals surface area contributed by atoms with Crippen LogP contribution in [-0.4, -0.2) is 79.6 Å². The molecular formula is C37H61N3O4. The third kappa shape index (κ3) is 13.7. The van der Waals surface area contributed by atoms with Crippen molar-refractivity contribution in [3.8, 4) is 0 Å². The van der Waals surface area contributed by atoms with Crippen molar-refractivity contribution in [2.45, 2.75) is 112 Å². The Kier molecular flexibility index (Phi) is 17.0. The smallest absolute Gasteiger partial charge is 0.308 e. The predicted molar refractivity (Wildman–Crippen MR) is 183 cm³/mol. The van der Waals surface area contributed by atoms with Crippen molar-refractivity contribution >= 4 is 11.8 Å². The number of ether oxygens (including phenoxy) is 3. The number of benzene rings is 1. The van der Waals surface area contributed by atoms with Crippen LogP contribution in [0.15, 0.2) is 42.6 Å². The van der Waals surface area contributed by atoms with Gasteiger partial charge in [0.25, 0.3) is 0 Å². The van der Waals surface area contributed by atoms with E-state index in [1.807, 2.05) is 40.8 Å². The van der Waals surface area contributed by atoms with Gasteiger partial charge in [-0.3, -0.25) is 4.79 Å². The van der Waals surface area contributed by atoms with Crippen molar-refractivity contribution in [3.05, 3.63) is 59.3 Å². The summed E-state index contributed by atoms with van der Waals surface area (Å²) < 4.78 is 17.4. The fraction of sp³-hybridized carbons (Fsp3) is 0.676. The summed E-state index contributed by atoms with van der Waals surface area (Å²) in [5.74, 6) is 0.882. The summed E-state index contributed by atoms with van der Waals surface area (Å²) in [4.78, 5) is 21.5. The van der Waals surface area contributed by atoms with Crippen molar-refractivity contribution in [2.24, 2.45) is 0 Å². The molecule has 0 amide bonds. The summed E-state index contributed by atoms with van der Waals surface area (Å²) in [6.07, 6.45) is 8.54. The second-order valence-corrected chi connectivity index (χ2v) is 12.6. The van der Waals surface area contributed by atoms with Gasteiger partial charge in [0, 0.05) is 38.9 Å². The largest absolute Gasteiger partial charge is 0.460 e. The molecule has 0 radical (unpaired) electrons. The molecule has 2 fully saturated rings. The molecule has 7 nitrogen and oxygen atoms in total. The lowest BCUT2D eigenvalue weighted by atomic mass is 9.89. The van der Waals surface area contributed by atoms with Crippen LogP contribution in [0, 0.1) is 0 Å². The fourth-order valence-electron chi connectivity index (χ4n) is 5.45. The molecule has 2 aromatic rings. The zero-order valence-corrected chi connectivity index (χ0v) is 29.1. The SMILES string of the molecule is CC.CCC.CCc1ccnc(N2CCOC3(CCN(CCc4cccc(CCOCCC(=O)OC(C)(C)C)c4)CC3)C2)c1. The minimum atomic E-state index is -0.447. The van der Waals surface area contributed by atoms with Crippen molar-refractivity contribution in [1.29, 1.82) is 0 Å². The number of carbonyl (C=O) groups is 1. The van der Waals surface area contributed by atoms with Gasteiger partial charge in [-0.25, -0.2) is 4.98 Å². The van der Waals surface area contributed by atoms with Crippen molar-refractivity contribution in [3.63, 3.8) is 0 Å². The minimum absolute atomic E-state index is 0.0535. The molecule has 0 saturated carbocycles. The van der Waals surface area contributed by atoms with E-state index in [1.54, 1.807) is 0 Å². The quantitative estimate of drug-likeness (QED) is 0.195. The van der Waals surface area contributed by atoms with Gasteiger partial charge in [0.05, 0.1) is 31.8 Å². The number of hydrogen-bond acceptors (Lipinski definition) is 7. The number of carbonyl (C=O) groups excluding carboxylic acids is 1. The van der Waals surface area contributed by atoms with E-state index in [0.717, 1.165) is 77.3 Å². The molecule has 248 valence electrons. The molecule has 2 aliphatic heterocycles. The van der Waals surface area contributed by atoms with Gasteiger partial charge in [-0.1, -0.05) is 65.3 Å². The van der Waals surface area contributed by atoms with E-state index in [2.05, 4.69) is 72.0 Å². The number of pyridine rings is 1. The molecule has 2 aliphatic rings. The average molecular weight is 612 g/mol. The Morgan fingerprint density at radius 3 is 2.30 bits per heavy atom. The van der Waals surface area contributed by atoms with Crippen molar-refractivity contribution < 1.29 is 19.0 Å². The Bertz CT molecular complexity index is 1080. The summed E-state index contributed by atoms with van der Waals surface area (Å²) in [7, 11) is 0. The third-order valence-electron chi connectivity index (χ3n) is 7.67. The highest BCUT2D eigenvalue weighted by molar-refractivity contribution is 5.69. The lowest BCUT2D eigenvalue weighted by molar-refractivity contribution is -0.156. The van der Waals surface area contributed by atoms with Crippen LogP contribution in [0.3, 0.4) is 0 Å². The summed E-state index contributed by atoms with van der Waals surface area (Å²) in [6.45, 7) is 22.9. The van der Waals surface area contributed by atoms with Crippen LogP contribution >= 0.6 is 0 Å². The maximum atomic E-state index is 11.8. The molecule has 4 rings (SSSR count). The Morgan fingerprint density at radius 2 is 1.64 bits per heavy atom. The molecule has 1 aromatic heterocycles. The molecule has 2 saturated heterocycles. The first-order valence-electron chi connectivity index (χ1n) is 17.1. The zero-order valence-electron chi connectivity index (χ0n) is 29.1. The molecule has 0 unspecified atom stereocenters. The lowest BCUT2D eigenvalue weighted by Gasteiger charge is -2.47. The first-order chi connectivity index (χ1) is 21.1. The van der Waals surface area contributed by atoms with Gasteiger partial charge in [0.15, 0.2) is 0 Å². The maximum absolute atomic E-state index is 11.8. The first kappa shape index (κ1) is 37.7. The summed E-state index contributed by atoms with van der Waals surface area (Å²) in [5.41, 5.74) is 3.48. The lowest BCUT2D eigenvalue weighted by Crippen LogP contribution is -2.57. The fourth-order valence-corrected chi connectivity index (χ4v) is 5.45. The van der Waals surface area contributed by atoms with Gasteiger partial charge in [0.1, 0.15) is 11.4 Å². The number of anilines is 1. The normalized spacial score (nSPS) is 16.4. The monoisotopic (exact) mass is 611 g/mol. The molecule has 3 heterocycles. The second kappa shape index (κ2) is 19.8.